The van der Waals surface area contributed by atoms with Gasteiger partial charge in [-0.05, 0) is 25.0 Å². The molecule has 2 N–H and O–H groups in total. The van der Waals surface area contributed by atoms with Gasteiger partial charge in [0.2, 0.25) is 0 Å². The SMILES string of the molecule is CN=C(NCCOCC1CCCO1)NCCOc1ccccc1. The molecule has 6 heteroatoms. The highest BCUT2D eigenvalue weighted by Gasteiger charge is 2.14. The molecule has 0 saturated carbocycles. The van der Waals surface area contributed by atoms with E-state index in [1.807, 2.05) is 30.3 Å². The smallest absolute Gasteiger partial charge is 0.191 e. The Labute approximate surface area is 138 Å². The van der Waals surface area contributed by atoms with Gasteiger partial charge in [-0.3, -0.25) is 4.99 Å². The number of nitrogens with one attached hydrogen (secondary N) is 2. The van der Waals surface area contributed by atoms with E-state index >= 15 is 0 Å². The Morgan fingerprint density at radius 2 is 2.00 bits per heavy atom. The number of para-hydroxylation sites is 1. The minimum absolute atomic E-state index is 0.280. The van der Waals surface area contributed by atoms with Crippen LogP contribution in [-0.2, 0) is 9.47 Å². The molecule has 0 aromatic heterocycles. The van der Waals surface area contributed by atoms with Gasteiger partial charge in [0.1, 0.15) is 12.4 Å². The highest BCUT2D eigenvalue weighted by molar-refractivity contribution is 5.79. The molecular weight excluding hydrogens is 294 g/mol. The van der Waals surface area contributed by atoms with Gasteiger partial charge in [0.25, 0.3) is 0 Å². The molecule has 0 bridgehead atoms. The van der Waals surface area contributed by atoms with Crippen LogP contribution >= 0.6 is 0 Å². The van der Waals surface area contributed by atoms with Crippen LogP contribution in [0.5, 0.6) is 5.75 Å². The van der Waals surface area contributed by atoms with E-state index in [0.717, 1.165) is 31.2 Å². The first-order valence-corrected chi connectivity index (χ1v) is 8.20. The van der Waals surface area contributed by atoms with E-state index < -0.39 is 0 Å². The quantitative estimate of drug-likeness (QED) is 0.409. The molecule has 1 aromatic rings. The predicted molar refractivity (Wildman–Crippen MR) is 91.1 cm³/mol. The lowest BCUT2D eigenvalue weighted by atomic mass is 10.2. The second-order valence-electron chi connectivity index (χ2n) is 5.30. The first-order chi connectivity index (χ1) is 11.4. The third kappa shape index (κ3) is 7.34. The number of guanidine groups is 1. The summed E-state index contributed by atoms with van der Waals surface area (Å²) in [5.41, 5.74) is 0. The van der Waals surface area contributed by atoms with Crippen molar-refractivity contribution >= 4 is 5.96 Å². The number of nitrogens with zero attached hydrogens (tertiary/aromatic N) is 1. The van der Waals surface area contributed by atoms with Gasteiger partial charge in [-0.2, -0.15) is 0 Å². The van der Waals surface area contributed by atoms with Gasteiger partial charge in [-0.25, -0.2) is 0 Å². The van der Waals surface area contributed by atoms with Gasteiger partial charge >= 0.3 is 0 Å². The molecule has 0 amide bonds. The van der Waals surface area contributed by atoms with E-state index in [2.05, 4.69) is 15.6 Å². The van der Waals surface area contributed by atoms with Gasteiger partial charge in [-0.1, -0.05) is 18.2 Å². The molecule has 0 radical (unpaired) electrons. The molecule has 1 heterocycles. The molecule has 1 aromatic carbocycles. The van der Waals surface area contributed by atoms with Crippen LogP contribution in [0.4, 0.5) is 0 Å². The summed E-state index contributed by atoms with van der Waals surface area (Å²) < 4.78 is 16.7. The third-order valence-corrected chi connectivity index (χ3v) is 3.50. The zero-order valence-corrected chi connectivity index (χ0v) is 13.8. The Bertz CT molecular complexity index is 448. The van der Waals surface area contributed by atoms with Crippen LogP contribution in [-0.4, -0.2) is 58.6 Å². The lowest BCUT2D eigenvalue weighted by Crippen LogP contribution is -2.40. The maximum Gasteiger partial charge on any atom is 0.191 e. The summed E-state index contributed by atoms with van der Waals surface area (Å²) in [6.45, 7) is 4.17. The van der Waals surface area contributed by atoms with Crippen LogP contribution in [0.15, 0.2) is 35.3 Å². The van der Waals surface area contributed by atoms with Crippen LogP contribution in [0, 0.1) is 0 Å². The maximum absolute atomic E-state index is 5.62. The van der Waals surface area contributed by atoms with Crippen LogP contribution in [0.2, 0.25) is 0 Å². The number of rotatable bonds is 9. The summed E-state index contributed by atoms with van der Waals surface area (Å²) in [4.78, 5) is 4.17. The number of hydrogen-bond donors (Lipinski definition) is 2. The van der Waals surface area contributed by atoms with Crippen molar-refractivity contribution in [2.75, 3.05) is 46.6 Å². The van der Waals surface area contributed by atoms with Crippen molar-refractivity contribution in [3.05, 3.63) is 30.3 Å². The Hall–Kier alpha value is -1.79. The number of ether oxygens (including phenoxy) is 3. The predicted octanol–water partition coefficient (Wildman–Crippen LogP) is 1.43. The first kappa shape index (κ1) is 17.6. The fourth-order valence-corrected chi connectivity index (χ4v) is 2.31. The fourth-order valence-electron chi connectivity index (χ4n) is 2.31. The molecule has 1 aliphatic rings. The Balaban J connectivity index is 1.48. The second kappa shape index (κ2) is 10.9. The Morgan fingerprint density at radius 1 is 1.22 bits per heavy atom. The van der Waals surface area contributed by atoms with Gasteiger partial charge in [0.05, 0.1) is 25.9 Å². The molecule has 2 rings (SSSR count). The van der Waals surface area contributed by atoms with E-state index in [-0.39, 0.29) is 6.10 Å². The van der Waals surface area contributed by atoms with Gasteiger partial charge in [-0.15, -0.1) is 0 Å². The molecule has 1 fully saturated rings. The highest BCUT2D eigenvalue weighted by atomic mass is 16.5. The van der Waals surface area contributed by atoms with Crippen molar-refractivity contribution < 1.29 is 14.2 Å². The summed E-state index contributed by atoms with van der Waals surface area (Å²) in [6.07, 6.45) is 2.54. The fraction of sp³-hybridized carbons (Fsp3) is 0.588. The largest absolute Gasteiger partial charge is 0.492 e. The van der Waals surface area contributed by atoms with Gasteiger partial charge in [0.15, 0.2) is 5.96 Å². The molecule has 0 aliphatic carbocycles. The van der Waals surface area contributed by atoms with Crippen molar-refractivity contribution in [1.82, 2.24) is 10.6 Å². The molecule has 1 unspecified atom stereocenters. The molecular formula is C17H27N3O3. The van der Waals surface area contributed by atoms with Crippen molar-refractivity contribution in [1.29, 1.82) is 0 Å². The van der Waals surface area contributed by atoms with Crippen LogP contribution < -0.4 is 15.4 Å². The van der Waals surface area contributed by atoms with E-state index in [4.69, 9.17) is 14.2 Å². The summed E-state index contributed by atoms with van der Waals surface area (Å²) in [6, 6.07) is 9.77. The van der Waals surface area contributed by atoms with Crippen LogP contribution in [0.3, 0.4) is 0 Å². The lowest BCUT2D eigenvalue weighted by Gasteiger charge is -2.13. The monoisotopic (exact) mass is 321 g/mol. The van der Waals surface area contributed by atoms with Crippen molar-refractivity contribution in [3.8, 4) is 5.75 Å². The van der Waals surface area contributed by atoms with Crippen molar-refractivity contribution in [2.24, 2.45) is 4.99 Å². The molecule has 1 saturated heterocycles. The minimum atomic E-state index is 0.280. The molecule has 1 aliphatic heterocycles. The average Bonchev–Trinajstić information content (AvgIpc) is 3.11. The topological polar surface area (TPSA) is 64.1 Å². The Kier molecular flexibility index (Phi) is 8.29. The van der Waals surface area contributed by atoms with E-state index in [1.54, 1.807) is 7.05 Å². The standard InChI is InChI=1S/C17H27N3O3/c1-18-17(19-9-12-21-14-16-8-5-11-22-16)20-10-13-23-15-6-3-2-4-7-15/h2-4,6-7,16H,5,8-14H2,1H3,(H2,18,19,20). The lowest BCUT2D eigenvalue weighted by molar-refractivity contribution is 0.0191. The summed E-state index contributed by atoms with van der Waals surface area (Å²) in [5.74, 6) is 1.63. The molecule has 0 spiro atoms. The van der Waals surface area contributed by atoms with Crippen LogP contribution in [0.25, 0.3) is 0 Å². The zero-order chi connectivity index (χ0) is 16.2. The summed E-state index contributed by atoms with van der Waals surface area (Å²) in [5, 5.41) is 6.42. The number of benzene rings is 1. The minimum Gasteiger partial charge on any atom is -0.492 e. The second-order valence-corrected chi connectivity index (χ2v) is 5.30. The highest BCUT2D eigenvalue weighted by Crippen LogP contribution is 2.11. The molecule has 128 valence electrons. The summed E-state index contributed by atoms with van der Waals surface area (Å²) >= 11 is 0. The van der Waals surface area contributed by atoms with Gasteiger partial charge < -0.3 is 24.8 Å². The van der Waals surface area contributed by atoms with E-state index in [9.17, 15) is 0 Å². The van der Waals surface area contributed by atoms with E-state index in [1.165, 1.54) is 0 Å². The zero-order valence-electron chi connectivity index (χ0n) is 13.8. The number of hydrogen-bond acceptors (Lipinski definition) is 4. The normalized spacial score (nSPS) is 18.0. The third-order valence-electron chi connectivity index (χ3n) is 3.50. The van der Waals surface area contributed by atoms with Crippen molar-refractivity contribution in [3.63, 3.8) is 0 Å². The molecule has 6 nitrogen and oxygen atoms in total. The Morgan fingerprint density at radius 3 is 2.70 bits per heavy atom. The van der Waals surface area contributed by atoms with Crippen LogP contribution in [0.1, 0.15) is 12.8 Å². The molecule has 1 atom stereocenters. The summed E-state index contributed by atoms with van der Waals surface area (Å²) in [7, 11) is 1.75. The molecule has 23 heavy (non-hydrogen) atoms. The van der Waals surface area contributed by atoms with Gasteiger partial charge in [0, 0.05) is 20.2 Å². The van der Waals surface area contributed by atoms with E-state index in [0.29, 0.717) is 32.9 Å². The average molecular weight is 321 g/mol. The number of aliphatic imine (C=N–C) groups is 1. The van der Waals surface area contributed by atoms with Crippen molar-refractivity contribution in [2.45, 2.75) is 18.9 Å². The first-order valence-electron chi connectivity index (χ1n) is 8.20. The maximum atomic E-state index is 5.62.